The Bertz CT molecular complexity index is 891. The van der Waals surface area contributed by atoms with Gasteiger partial charge in [0.05, 0.1) is 13.7 Å². The lowest BCUT2D eigenvalue weighted by molar-refractivity contribution is -0.142. The first-order valence-electron chi connectivity index (χ1n) is 8.54. The third-order valence-corrected chi connectivity index (χ3v) is 5.64. The summed E-state index contributed by atoms with van der Waals surface area (Å²) in [6.07, 6.45) is 1.53. The fourth-order valence-corrected chi connectivity index (χ4v) is 3.76. The zero-order valence-corrected chi connectivity index (χ0v) is 16.4. The van der Waals surface area contributed by atoms with E-state index in [0.29, 0.717) is 12.2 Å². The summed E-state index contributed by atoms with van der Waals surface area (Å²) in [5, 5.41) is -1.19. The molecule has 2 rings (SSSR count). The normalized spacial score (nSPS) is 12.4. The second-order valence-electron chi connectivity index (χ2n) is 6.15. The Hall–Kier alpha value is -2.41. The van der Waals surface area contributed by atoms with E-state index in [1.54, 1.807) is 25.1 Å². The van der Waals surface area contributed by atoms with Gasteiger partial charge in [-0.3, -0.25) is 4.79 Å². The molecule has 0 saturated heterocycles. The van der Waals surface area contributed by atoms with Crippen molar-refractivity contribution in [2.24, 2.45) is 0 Å². The lowest BCUT2D eigenvalue weighted by Crippen LogP contribution is -2.31. The van der Waals surface area contributed by atoms with Crippen LogP contribution in [0.4, 0.5) is 4.39 Å². The topological polar surface area (TPSA) is 69.7 Å². The fraction of sp³-hybridized carbons (Fsp3) is 0.350. The van der Waals surface area contributed by atoms with E-state index in [1.807, 2.05) is 12.1 Å². The molecule has 0 radical (unpaired) electrons. The number of halogens is 1. The molecule has 27 heavy (non-hydrogen) atoms. The molecule has 0 amide bonds. The number of benzene rings is 2. The molecule has 146 valence electrons. The van der Waals surface area contributed by atoms with Crippen molar-refractivity contribution in [1.82, 2.24) is 0 Å². The van der Waals surface area contributed by atoms with Gasteiger partial charge >= 0.3 is 5.97 Å². The maximum Gasteiger partial charge on any atom is 0.324 e. The van der Waals surface area contributed by atoms with Crippen LogP contribution >= 0.6 is 0 Å². The van der Waals surface area contributed by atoms with E-state index < -0.39 is 21.1 Å². The molecule has 5 nitrogen and oxygen atoms in total. The summed E-state index contributed by atoms with van der Waals surface area (Å²) in [6.45, 7) is 1.77. The minimum Gasteiger partial charge on any atom is -0.496 e. The van der Waals surface area contributed by atoms with Gasteiger partial charge in [0.25, 0.3) is 0 Å². The van der Waals surface area contributed by atoms with E-state index in [9.17, 15) is 17.6 Å². The number of aryl methyl sites for hydroxylation is 1. The fourth-order valence-electron chi connectivity index (χ4n) is 2.80. The Labute approximate surface area is 159 Å². The number of esters is 1. The molecule has 0 aliphatic carbocycles. The molecule has 0 heterocycles. The third-order valence-electron chi connectivity index (χ3n) is 4.18. The Morgan fingerprint density at radius 2 is 1.81 bits per heavy atom. The highest BCUT2D eigenvalue weighted by atomic mass is 32.2. The number of ether oxygens (including phenoxy) is 2. The van der Waals surface area contributed by atoms with Crippen LogP contribution in [0.3, 0.4) is 0 Å². The quantitative estimate of drug-likeness (QED) is 0.642. The molecule has 0 saturated carbocycles. The molecule has 1 unspecified atom stereocenters. The summed E-state index contributed by atoms with van der Waals surface area (Å²) in [5.41, 5.74) is 2.43. The Balaban J connectivity index is 2.22. The van der Waals surface area contributed by atoms with Crippen molar-refractivity contribution in [3.05, 3.63) is 53.8 Å². The number of carbonyl (C=O) groups is 1. The van der Waals surface area contributed by atoms with Crippen LogP contribution in [0.1, 0.15) is 18.9 Å². The van der Waals surface area contributed by atoms with Gasteiger partial charge < -0.3 is 9.47 Å². The first-order chi connectivity index (χ1) is 12.8. The van der Waals surface area contributed by atoms with E-state index in [1.165, 1.54) is 19.2 Å². The van der Waals surface area contributed by atoms with Crippen molar-refractivity contribution < 1.29 is 27.1 Å². The highest BCUT2D eigenvalue weighted by Crippen LogP contribution is 2.31. The second-order valence-corrected chi connectivity index (χ2v) is 8.38. The van der Waals surface area contributed by atoms with E-state index >= 15 is 0 Å². The van der Waals surface area contributed by atoms with Crippen molar-refractivity contribution in [3.63, 3.8) is 0 Å². The smallest absolute Gasteiger partial charge is 0.324 e. The Kier molecular flexibility index (Phi) is 6.96. The number of rotatable bonds is 8. The number of sulfone groups is 1. The van der Waals surface area contributed by atoms with Gasteiger partial charge in [0.15, 0.2) is 15.1 Å². The lowest BCUT2D eigenvalue weighted by Gasteiger charge is -2.15. The molecule has 7 heteroatoms. The molecule has 2 aromatic carbocycles. The zero-order valence-electron chi connectivity index (χ0n) is 15.6. The van der Waals surface area contributed by atoms with Gasteiger partial charge in [-0.2, -0.15) is 0 Å². The first-order valence-corrected chi connectivity index (χ1v) is 10.5. The standard InChI is InChI=1S/C20H23FO5S/c1-4-26-20(22)19(27(3,23)24)12-6-14-5-11-17(18(13-14)25-2)15-7-9-16(21)10-8-15/h5,7-11,13,19H,4,6,12H2,1-3H3. The number of carbonyl (C=O) groups excluding carboxylic acids is 1. The van der Waals surface area contributed by atoms with E-state index in [4.69, 9.17) is 9.47 Å². The van der Waals surface area contributed by atoms with Crippen LogP contribution in [0.25, 0.3) is 11.1 Å². The van der Waals surface area contributed by atoms with Crippen molar-refractivity contribution in [2.45, 2.75) is 25.0 Å². The Morgan fingerprint density at radius 1 is 1.15 bits per heavy atom. The van der Waals surface area contributed by atoms with Crippen molar-refractivity contribution in [3.8, 4) is 16.9 Å². The zero-order chi connectivity index (χ0) is 20.0. The van der Waals surface area contributed by atoms with Crippen LogP contribution in [-0.2, 0) is 25.8 Å². The summed E-state index contributed by atoms with van der Waals surface area (Å²) in [6, 6.07) is 11.5. The monoisotopic (exact) mass is 394 g/mol. The maximum atomic E-state index is 13.1. The maximum absolute atomic E-state index is 13.1. The van der Waals surface area contributed by atoms with Crippen LogP contribution < -0.4 is 4.74 Å². The predicted molar refractivity (Wildman–Crippen MR) is 102 cm³/mol. The van der Waals surface area contributed by atoms with Crippen LogP contribution in [0.15, 0.2) is 42.5 Å². The van der Waals surface area contributed by atoms with Crippen molar-refractivity contribution in [2.75, 3.05) is 20.0 Å². The molecule has 0 aliphatic rings. The molecular weight excluding hydrogens is 371 g/mol. The highest BCUT2D eigenvalue weighted by molar-refractivity contribution is 7.92. The van der Waals surface area contributed by atoms with Crippen molar-refractivity contribution >= 4 is 15.8 Å². The summed E-state index contributed by atoms with van der Waals surface area (Å²) in [4.78, 5) is 11.9. The van der Waals surface area contributed by atoms with E-state index in [0.717, 1.165) is 22.9 Å². The van der Waals surface area contributed by atoms with Crippen LogP contribution in [0.5, 0.6) is 5.75 Å². The van der Waals surface area contributed by atoms with Crippen molar-refractivity contribution in [1.29, 1.82) is 0 Å². The third kappa shape index (κ3) is 5.53. The molecule has 2 aromatic rings. The number of hydrogen-bond donors (Lipinski definition) is 0. The predicted octanol–water partition coefficient (Wildman–Crippen LogP) is 3.41. The first kappa shape index (κ1) is 20.9. The molecule has 1 atom stereocenters. The SMILES string of the molecule is CCOC(=O)C(CCc1ccc(-c2ccc(F)cc2)c(OC)c1)S(C)(=O)=O. The van der Waals surface area contributed by atoms with Gasteiger partial charge in [-0.05, 0) is 49.1 Å². The molecule has 0 spiro atoms. The van der Waals surface area contributed by atoms with Crippen LogP contribution in [0.2, 0.25) is 0 Å². The van der Waals surface area contributed by atoms with Gasteiger partial charge in [0.2, 0.25) is 0 Å². The average Bonchev–Trinajstić information content (AvgIpc) is 2.61. The second kappa shape index (κ2) is 8.99. The summed E-state index contributed by atoms with van der Waals surface area (Å²) >= 11 is 0. The van der Waals surface area contributed by atoms with Gasteiger partial charge in [0.1, 0.15) is 11.6 Å². The summed E-state index contributed by atoms with van der Waals surface area (Å²) in [5.74, 6) is -0.457. The lowest BCUT2D eigenvalue weighted by atomic mass is 10.00. The van der Waals surface area contributed by atoms with Crippen LogP contribution in [0, 0.1) is 5.82 Å². The van der Waals surface area contributed by atoms with E-state index in [-0.39, 0.29) is 18.8 Å². The number of methoxy groups -OCH3 is 1. The summed E-state index contributed by atoms with van der Waals surface area (Å²) in [7, 11) is -2.04. The largest absolute Gasteiger partial charge is 0.496 e. The van der Waals surface area contributed by atoms with Gasteiger partial charge in [-0.15, -0.1) is 0 Å². The van der Waals surface area contributed by atoms with Crippen LogP contribution in [-0.4, -0.2) is 39.6 Å². The summed E-state index contributed by atoms with van der Waals surface area (Å²) < 4.78 is 47.2. The molecule has 0 N–H and O–H groups in total. The molecule has 0 aliphatic heterocycles. The highest BCUT2D eigenvalue weighted by Gasteiger charge is 2.29. The minimum absolute atomic E-state index is 0.122. The van der Waals surface area contributed by atoms with Gasteiger partial charge in [-0.1, -0.05) is 24.3 Å². The molecule has 0 aromatic heterocycles. The van der Waals surface area contributed by atoms with Gasteiger partial charge in [-0.25, -0.2) is 12.8 Å². The number of hydrogen-bond acceptors (Lipinski definition) is 5. The molecule has 0 fully saturated rings. The van der Waals surface area contributed by atoms with Gasteiger partial charge in [0, 0.05) is 11.8 Å². The Morgan fingerprint density at radius 3 is 2.37 bits per heavy atom. The minimum atomic E-state index is -3.57. The molecular formula is C20H23FO5S. The average molecular weight is 394 g/mol. The van der Waals surface area contributed by atoms with E-state index in [2.05, 4.69) is 0 Å². The molecule has 0 bridgehead atoms.